The second kappa shape index (κ2) is 13.5. The molecular formula is C33H32F4N2O6. The fraction of sp³-hybridized carbons (Fsp3) is 0.333. The van der Waals surface area contributed by atoms with Crippen LogP contribution in [0.3, 0.4) is 0 Å². The number of pyridine rings is 1. The maximum Gasteiger partial charge on any atom is 0.401 e. The summed E-state index contributed by atoms with van der Waals surface area (Å²) in [4.78, 5) is 28.2. The Hall–Kier alpha value is -4.74. The Morgan fingerprint density at radius 2 is 1.80 bits per heavy atom. The number of halogens is 4. The molecular weight excluding hydrogens is 596 g/mol. The lowest BCUT2D eigenvalue weighted by atomic mass is 9.96. The highest BCUT2D eigenvalue weighted by Crippen LogP contribution is 2.62. The van der Waals surface area contributed by atoms with Crippen molar-refractivity contribution in [3.63, 3.8) is 0 Å². The highest BCUT2D eigenvalue weighted by molar-refractivity contribution is 6.45. The first-order valence-electron chi connectivity index (χ1n) is 14.0. The molecule has 1 aliphatic rings. The third kappa shape index (κ3) is 7.50. The van der Waals surface area contributed by atoms with Crippen LogP contribution in [0.25, 0.3) is 22.0 Å². The predicted octanol–water partition coefficient (Wildman–Crippen LogP) is 6.94. The van der Waals surface area contributed by atoms with Crippen molar-refractivity contribution in [2.45, 2.75) is 39.3 Å². The van der Waals surface area contributed by atoms with E-state index in [4.69, 9.17) is 24.4 Å². The van der Waals surface area contributed by atoms with E-state index in [1.807, 2.05) is 0 Å². The van der Waals surface area contributed by atoms with Crippen molar-refractivity contribution in [3.05, 3.63) is 78.0 Å². The molecule has 4 rings (SSSR count). The van der Waals surface area contributed by atoms with E-state index < -0.39 is 41.3 Å². The molecule has 0 atom stereocenters. The third-order valence-corrected chi connectivity index (χ3v) is 7.32. The number of alkyl halides is 3. The summed E-state index contributed by atoms with van der Waals surface area (Å²) in [5, 5.41) is 8.87. The minimum atomic E-state index is -4.54. The minimum absolute atomic E-state index is 0.00947. The molecule has 0 unspecified atom stereocenters. The van der Waals surface area contributed by atoms with Crippen LogP contribution < -0.4 is 9.47 Å². The van der Waals surface area contributed by atoms with Gasteiger partial charge in [0.05, 0.1) is 19.2 Å². The number of aromatic nitrogens is 1. The number of esters is 1. The van der Waals surface area contributed by atoms with Gasteiger partial charge in [-0.15, -0.1) is 0 Å². The summed E-state index contributed by atoms with van der Waals surface area (Å²) in [6.45, 7) is 6.61. The van der Waals surface area contributed by atoms with Gasteiger partial charge >= 0.3 is 12.1 Å². The highest BCUT2D eigenvalue weighted by atomic mass is 19.4. The van der Waals surface area contributed by atoms with Crippen LogP contribution in [0.4, 0.5) is 17.6 Å². The number of benzene rings is 2. The summed E-state index contributed by atoms with van der Waals surface area (Å²) < 4.78 is 77.2. The molecule has 2 aromatic carbocycles. The lowest BCUT2D eigenvalue weighted by Gasteiger charge is -2.23. The summed E-state index contributed by atoms with van der Waals surface area (Å²) in [6.07, 6.45) is -2.79. The van der Waals surface area contributed by atoms with Crippen LogP contribution in [0.15, 0.2) is 66.6 Å². The number of methoxy groups -OCH3 is 1. The van der Waals surface area contributed by atoms with Gasteiger partial charge < -0.3 is 18.9 Å². The Bertz CT molecular complexity index is 1680. The van der Waals surface area contributed by atoms with Crippen LogP contribution in [0.5, 0.6) is 11.5 Å². The van der Waals surface area contributed by atoms with Crippen LogP contribution in [0, 0.1) is 16.6 Å². The van der Waals surface area contributed by atoms with Crippen molar-refractivity contribution in [1.82, 2.24) is 4.98 Å². The van der Waals surface area contributed by atoms with Gasteiger partial charge in [-0.25, -0.2) is 4.39 Å². The Morgan fingerprint density at radius 1 is 1.07 bits per heavy atom. The zero-order chi connectivity index (χ0) is 32.9. The average Bonchev–Trinajstić information content (AvgIpc) is 3.81. The van der Waals surface area contributed by atoms with Gasteiger partial charge in [0.2, 0.25) is 0 Å². The number of Topliss-reactive ketones (excluding diaryl/α,β-unsaturated/α-hetero) is 1. The standard InChI is InChI=1S/C33H32F4N2O6/c1-5-43-30(32(8-9-32)33(35,36)37)12-19(2)31(38)27(41)15-22-7-6-21(14-25(22)34)24-13-23-16-28(42-4)29(17-26(23)39-18-24)45-11-10-44-20(3)40/h6-7,12-14,16-18,38H,2,5,8-11,15H2,1,3-4H3. The van der Waals surface area contributed by atoms with Crippen LogP contribution in [-0.4, -0.2) is 55.6 Å². The van der Waals surface area contributed by atoms with E-state index in [-0.39, 0.29) is 49.6 Å². The number of fused-ring (bicyclic) bond motifs is 1. The average molecular weight is 629 g/mol. The first kappa shape index (κ1) is 33.2. The second-order valence-corrected chi connectivity index (χ2v) is 10.4. The topological polar surface area (TPSA) is 108 Å². The summed E-state index contributed by atoms with van der Waals surface area (Å²) in [5.41, 5.74) is -1.36. The fourth-order valence-electron chi connectivity index (χ4n) is 4.71. The van der Waals surface area contributed by atoms with Crippen LogP contribution in [-0.2, 0) is 25.5 Å². The third-order valence-electron chi connectivity index (χ3n) is 7.32. The molecule has 1 aliphatic carbocycles. The summed E-state index contributed by atoms with van der Waals surface area (Å²) in [5.74, 6) is -1.47. The van der Waals surface area contributed by atoms with Gasteiger partial charge in [-0.3, -0.25) is 20.0 Å². The zero-order valence-electron chi connectivity index (χ0n) is 25.0. The van der Waals surface area contributed by atoms with E-state index in [0.717, 1.165) is 6.08 Å². The Labute approximate surface area is 257 Å². The predicted molar refractivity (Wildman–Crippen MR) is 159 cm³/mol. The van der Waals surface area contributed by atoms with Crippen LogP contribution in [0.2, 0.25) is 0 Å². The molecule has 0 bridgehead atoms. The monoisotopic (exact) mass is 628 g/mol. The SMILES string of the molecule is C=C(C=C(OCC)C1(C(F)(F)F)CC1)C(=N)C(=O)Cc1ccc(-c2cnc3cc(OCCOC(C)=O)c(OC)cc3c2)cc1F. The molecule has 1 aromatic heterocycles. The normalized spacial score (nSPS) is 14.1. The van der Waals surface area contributed by atoms with Crippen LogP contribution >= 0.6 is 0 Å². The molecule has 1 heterocycles. The molecule has 0 amide bonds. The van der Waals surface area contributed by atoms with Crippen molar-refractivity contribution < 1.29 is 46.1 Å². The number of ether oxygens (including phenoxy) is 4. The molecule has 8 nitrogen and oxygen atoms in total. The lowest BCUT2D eigenvalue weighted by molar-refractivity contribution is -0.185. The Kier molecular flexibility index (Phi) is 9.94. The number of allylic oxidation sites excluding steroid dienone is 3. The number of carbonyl (C=O) groups is 2. The molecule has 1 fully saturated rings. The number of nitrogens with zero attached hydrogens (tertiary/aromatic N) is 1. The molecule has 0 saturated heterocycles. The number of rotatable bonds is 14. The van der Waals surface area contributed by atoms with Gasteiger partial charge in [0.25, 0.3) is 0 Å². The molecule has 1 N–H and O–H groups in total. The van der Waals surface area contributed by atoms with E-state index in [1.165, 1.54) is 26.2 Å². The molecule has 1 saturated carbocycles. The van der Waals surface area contributed by atoms with E-state index in [1.54, 1.807) is 37.4 Å². The van der Waals surface area contributed by atoms with Crippen molar-refractivity contribution in [3.8, 4) is 22.6 Å². The lowest BCUT2D eigenvalue weighted by Crippen LogP contribution is -2.28. The highest BCUT2D eigenvalue weighted by Gasteiger charge is 2.66. The van der Waals surface area contributed by atoms with E-state index in [9.17, 15) is 22.8 Å². The van der Waals surface area contributed by atoms with Gasteiger partial charge in [0.1, 0.15) is 35.9 Å². The maximum atomic E-state index is 15.2. The number of carbonyl (C=O) groups excluding carboxylic acids is 2. The zero-order valence-corrected chi connectivity index (χ0v) is 25.0. The van der Waals surface area contributed by atoms with E-state index in [2.05, 4.69) is 11.6 Å². The largest absolute Gasteiger partial charge is 0.497 e. The number of hydrogen-bond donors (Lipinski definition) is 1. The van der Waals surface area contributed by atoms with Gasteiger partial charge in [0.15, 0.2) is 17.3 Å². The second-order valence-electron chi connectivity index (χ2n) is 10.4. The maximum absolute atomic E-state index is 15.2. The summed E-state index contributed by atoms with van der Waals surface area (Å²) in [6, 6.07) is 9.41. The van der Waals surface area contributed by atoms with Gasteiger partial charge in [-0.1, -0.05) is 18.7 Å². The van der Waals surface area contributed by atoms with Gasteiger partial charge in [-0.05, 0) is 60.7 Å². The first-order valence-corrected chi connectivity index (χ1v) is 14.0. The molecule has 238 valence electrons. The molecule has 0 aliphatic heterocycles. The Balaban J connectivity index is 1.48. The minimum Gasteiger partial charge on any atom is -0.497 e. The summed E-state index contributed by atoms with van der Waals surface area (Å²) in [7, 11) is 1.47. The first-order chi connectivity index (χ1) is 21.3. The van der Waals surface area contributed by atoms with E-state index in [0.29, 0.717) is 33.5 Å². The quantitative estimate of drug-likeness (QED) is 0.0515. The van der Waals surface area contributed by atoms with Gasteiger partial charge in [-0.2, -0.15) is 13.2 Å². The smallest absolute Gasteiger partial charge is 0.401 e. The van der Waals surface area contributed by atoms with Crippen molar-refractivity contribution in [2.75, 3.05) is 26.9 Å². The summed E-state index contributed by atoms with van der Waals surface area (Å²) >= 11 is 0. The van der Waals surface area contributed by atoms with Gasteiger partial charge in [0, 0.05) is 36.6 Å². The van der Waals surface area contributed by atoms with E-state index >= 15 is 4.39 Å². The molecule has 45 heavy (non-hydrogen) atoms. The number of ketones is 1. The van der Waals surface area contributed by atoms with Crippen molar-refractivity contribution >= 4 is 28.4 Å². The molecule has 3 aromatic rings. The Morgan fingerprint density at radius 3 is 2.40 bits per heavy atom. The van der Waals surface area contributed by atoms with Crippen molar-refractivity contribution in [1.29, 1.82) is 5.41 Å². The molecule has 12 heteroatoms. The van der Waals surface area contributed by atoms with Crippen molar-refractivity contribution in [2.24, 2.45) is 5.41 Å². The number of hydrogen-bond acceptors (Lipinski definition) is 8. The number of nitrogens with one attached hydrogen (secondary N) is 1. The fourth-order valence-corrected chi connectivity index (χ4v) is 4.71. The molecule has 0 radical (unpaired) electrons. The molecule has 0 spiro atoms. The van der Waals surface area contributed by atoms with Crippen LogP contribution in [0.1, 0.15) is 32.3 Å².